The van der Waals surface area contributed by atoms with E-state index in [9.17, 15) is 0 Å². The number of aromatic nitrogens is 1. The molecule has 1 N–H and O–H groups in total. The van der Waals surface area contributed by atoms with Gasteiger partial charge in [0.2, 0.25) is 0 Å². The Morgan fingerprint density at radius 3 is 2.56 bits per heavy atom. The molecule has 1 aromatic rings. The van der Waals surface area contributed by atoms with E-state index < -0.39 is 0 Å². The SMILES string of the molecule is COCC(C)CNC(C)c1c(C)noc1C. The van der Waals surface area contributed by atoms with E-state index in [1.54, 1.807) is 7.11 Å². The average molecular weight is 226 g/mol. The van der Waals surface area contributed by atoms with Gasteiger partial charge >= 0.3 is 0 Å². The van der Waals surface area contributed by atoms with E-state index in [-0.39, 0.29) is 6.04 Å². The van der Waals surface area contributed by atoms with E-state index in [1.165, 1.54) is 5.56 Å². The van der Waals surface area contributed by atoms with Gasteiger partial charge in [-0.3, -0.25) is 0 Å². The van der Waals surface area contributed by atoms with Gasteiger partial charge in [0.05, 0.1) is 5.69 Å². The predicted molar refractivity (Wildman–Crippen MR) is 63.4 cm³/mol. The zero-order chi connectivity index (χ0) is 12.1. The minimum atomic E-state index is 0.269. The lowest BCUT2D eigenvalue weighted by atomic mass is 10.1. The summed E-state index contributed by atoms with van der Waals surface area (Å²) in [5, 5.41) is 7.43. The zero-order valence-corrected chi connectivity index (χ0v) is 10.8. The second-order valence-electron chi connectivity index (χ2n) is 4.43. The molecule has 0 bridgehead atoms. The van der Waals surface area contributed by atoms with Gasteiger partial charge in [-0.1, -0.05) is 12.1 Å². The molecule has 0 radical (unpaired) electrons. The first-order valence-corrected chi connectivity index (χ1v) is 5.71. The van der Waals surface area contributed by atoms with Gasteiger partial charge in [0, 0.05) is 31.9 Å². The van der Waals surface area contributed by atoms with Crippen LogP contribution in [0.3, 0.4) is 0 Å². The second-order valence-corrected chi connectivity index (χ2v) is 4.43. The maximum atomic E-state index is 5.16. The first-order valence-electron chi connectivity index (χ1n) is 5.71. The summed E-state index contributed by atoms with van der Waals surface area (Å²) < 4.78 is 10.3. The maximum Gasteiger partial charge on any atom is 0.138 e. The molecular weight excluding hydrogens is 204 g/mol. The van der Waals surface area contributed by atoms with Crippen molar-refractivity contribution >= 4 is 0 Å². The molecule has 2 unspecified atom stereocenters. The molecule has 2 atom stereocenters. The number of ether oxygens (including phenoxy) is 1. The smallest absolute Gasteiger partial charge is 0.138 e. The largest absolute Gasteiger partial charge is 0.384 e. The lowest BCUT2D eigenvalue weighted by Gasteiger charge is -2.17. The van der Waals surface area contributed by atoms with Crippen LogP contribution in [0.2, 0.25) is 0 Å². The highest BCUT2D eigenvalue weighted by atomic mass is 16.5. The minimum Gasteiger partial charge on any atom is -0.384 e. The molecule has 92 valence electrons. The van der Waals surface area contributed by atoms with Crippen LogP contribution in [0.25, 0.3) is 0 Å². The molecule has 0 aromatic carbocycles. The molecule has 4 heteroatoms. The molecule has 1 rings (SSSR count). The number of hydrogen-bond acceptors (Lipinski definition) is 4. The van der Waals surface area contributed by atoms with E-state index in [2.05, 4.69) is 24.3 Å². The van der Waals surface area contributed by atoms with Gasteiger partial charge in [-0.25, -0.2) is 0 Å². The normalized spacial score (nSPS) is 15.1. The summed E-state index contributed by atoms with van der Waals surface area (Å²) >= 11 is 0. The van der Waals surface area contributed by atoms with Crippen molar-refractivity contribution in [3.8, 4) is 0 Å². The Morgan fingerprint density at radius 2 is 2.06 bits per heavy atom. The Morgan fingerprint density at radius 1 is 1.38 bits per heavy atom. The van der Waals surface area contributed by atoms with E-state index in [4.69, 9.17) is 9.26 Å². The summed E-state index contributed by atoms with van der Waals surface area (Å²) in [6.45, 7) is 9.93. The minimum absolute atomic E-state index is 0.269. The van der Waals surface area contributed by atoms with Crippen molar-refractivity contribution in [2.75, 3.05) is 20.3 Å². The van der Waals surface area contributed by atoms with Crippen molar-refractivity contribution in [1.29, 1.82) is 0 Å². The molecule has 0 spiro atoms. The van der Waals surface area contributed by atoms with Crippen molar-refractivity contribution < 1.29 is 9.26 Å². The number of aryl methyl sites for hydroxylation is 2. The van der Waals surface area contributed by atoms with E-state index >= 15 is 0 Å². The Hall–Kier alpha value is -0.870. The third-order valence-electron chi connectivity index (χ3n) is 2.75. The van der Waals surface area contributed by atoms with Crippen LogP contribution < -0.4 is 5.32 Å². The van der Waals surface area contributed by atoms with E-state index in [1.807, 2.05) is 13.8 Å². The molecule has 4 nitrogen and oxygen atoms in total. The lowest BCUT2D eigenvalue weighted by molar-refractivity contribution is 0.157. The van der Waals surface area contributed by atoms with Crippen LogP contribution in [0.15, 0.2) is 4.52 Å². The standard InChI is InChI=1S/C12H22N2O2/c1-8(7-15-5)6-13-9(2)12-10(3)14-16-11(12)4/h8-9,13H,6-7H2,1-5H3. The Kier molecular flexibility index (Phi) is 4.96. The molecular formula is C12H22N2O2. The van der Waals surface area contributed by atoms with E-state index in [0.717, 1.165) is 24.6 Å². The zero-order valence-electron chi connectivity index (χ0n) is 10.8. The molecule has 0 fully saturated rings. The van der Waals surface area contributed by atoms with E-state index in [0.29, 0.717) is 5.92 Å². The molecule has 0 amide bonds. The van der Waals surface area contributed by atoms with Gasteiger partial charge in [0.15, 0.2) is 0 Å². The summed E-state index contributed by atoms with van der Waals surface area (Å²) in [4.78, 5) is 0. The van der Waals surface area contributed by atoms with Crippen molar-refractivity contribution in [2.24, 2.45) is 5.92 Å². The molecule has 1 heterocycles. The molecule has 0 aliphatic rings. The van der Waals surface area contributed by atoms with Gasteiger partial charge in [-0.15, -0.1) is 0 Å². The Labute approximate surface area is 97.3 Å². The van der Waals surface area contributed by atoms with Crippen LogP contribution in [0, 0.1) is 19.8 Å². The summed E-state index contributed by atoms with van der Waals surface area (Å²) in [6, 6.07) is 0.269. The van der Waals surface area contributed by atoms with Gasteiger partial charge in [0.1, 0.15) is 5.76 Å². The van der Waals surface area contributed by atoms with Crippen LogP contribution in [0.5, 0.6) is 0 Å². The first-order chi connectivity index (χ1) is 7.56. The van der Waals surface area contributed by atoms with Crippen LogP contribution >= 0.6 is 0 Å². The molecule has 0 saturated carbocycles. The predicted octanol–water partition coefficient (Wildman–Crippen LogP) is 2.22. The fraction of sp³-hybridized carbons (Fsp3) is 0.750. The monoisotopic (exact) mass is 226 g/mol. The molecule has 0 saturated heterocycles. The quantitative estimate of drug-likeness (QED) is 0.808. The Balaban J connectivity index is 2.49. The maximum absolute atomic E-state index is 5.16. The van der Waals surface area contributed by atoms with Crippen molar-refractivity contribution in [1.82, 2.24) is 10.5 Å². The van der Waals surface area contributed by atoms with Crippen LogP contribution in [-0.2, 0) is 4.74 Å². The first kappa shape index (κ1) is 13.2. The second kappa shape index (κ2) is 6.01. The third kappa shape index (κ3) is 3.32. The van der Waals surface area contributed by atoms with Gasteiger partial charge in [0.25, 0.3) is 0 Å². The van der Waals surface area contributed by atoms with Crippen molar-refractivity contribution in [2.45, 2.75) is 33.7 Å². The van der Waals surface area contributed by atoms with Crippen molar-refractivity contribution in [3.63, 3.8) is 0 Å². The van der Waals surface area contributed by atoms with Crippen LogP contribution in [0.4, 0.5) is 0 Å². The highest BCUT2D eigenvalue weighted by Crippen LogP contribution is 2.20. The lowest BCUT2D eigenvalue weighted by Crippen LogP contribution is -2.27. The number of hydrogen-bond donors (Lipinski definition) is 1. The van der Waals surface area contributed by atoms with Gasteiger partial charge in [-0.05, 0) is 26.7 Å². The fourth-order valence-corrected chi connectivity index (χ4v) is 1.93. The topological polar surface area (TPSA) is 47.3 Å². The average Bonchev–Trinajstić information content (AvgIpc) is 2.56. The summed E-state index contributed by atoms with van der Waals surface area (Å²) in [5.41, 5.74) is 2.14. The number of nitrogens with zero attached hydrogens (tertiary/aromatic N) is 1. The van der Waals surface area contributed by atoms with Gasteiger partial charge < -0.3 is 14.6 Å². The molecule has 0 aliphatic carbocycles. The Bertz CT molecular complexity index is 303. The summed E-state index contributed by atoms with van der Waals surface area (Å²) in [6.07, 6.45) is 0. The summed E-state index contributed by atoms with van der Waals surface area (Å²) in [7, 11) is 1.73. The van der Waals surface area contributed by atoms with Crippen LogP contribution in [-0.4, -0.2) is 25.4 Å². The third-order valence-corrected chi connectivity index (χ3v) is 2.75. The molecule has 1 aromatic heterocycles. The molecule has 0 aliphatic heterocycles. The van der Waals surface area contributed by atoms with Gasteiger partial charge in [-0.2, -0.15) is 0 Å². The summed E-state index contributed by atoms with van der Waals surface area (Å²) in [5.74, 6) is 1.41. The highest BCUT2D eigenvalue weighted by Gasteiger charge is 2.16. The van der Waals surface area contributed by atoms with Crippen molar-refractivity contribution in [3.05, 3.63) is 17.0 Å². The number of rotatable bonds is 6. The molecule has 16 heavy (non-hydrogen) atoms. The van der Waals surface area contributed by atoms with Crippen LogP contribution in [0.1, 0.15) is 36.9 Å². The number of methoxy groups -OCH3 is 1. The number of nitrogens with one attached hydrogen (secondary N) is 1. The fourth-order valence-electron chi connectivity index (χ4n) is 1.93. The highest BCUT2D eigenvalue weighted by molar-refractivity contribution is 5.24.